The molecule has 0 atom stereocenters. The van der Waals surface area contributed by atoms with Crippen molar-refractivity contribution in [1.82, 2.24) is 15.2 Å². The molecule has 0 spiro atoms. The molecule has 0 aliphatic carbocycles. The van der Waals surface area contributed by atoms with E-state index in [0.717, 1.165) is 22.6 Å². The molecule has 0 radical (unpaired) electrons. The number of nitrogens with one attached hydrogen (secondary N) is 2. The molecule has 9 heteroatoms. The van der Waals surface area contributed by atoms with Gasteiger partial charge < -0.3 is 14.5 Å². The van der Waals surface area contributed by atoms with Crippen LogP contribution < -0.4 is 14.8 Å². The molecule has 0 saturated carbocycles. The molecular formula is C20H16N4O4S. The molecule has 4 rings (SSSR count). The molecule has 0 bridgehead atoms. The number of amides is 1. The van der Waals surface area contributed by atoms with Crippen molar-refractivity contribution >= 4 is 39.1 Å². The fraction of sp³-hybridized carbons (Fsp3) is 0.100. The minimum atomic E-state index is -0.770. The maximum Gasteiger partial charge on any atom is 0.298 e. The Morgan fingerprint density at radius 1 is 1.07 bits per heavy atom. The van der Waals surface area contributed by atoms with E-state index in [0.29, 0.717) is 21.7 Å². The first-order valence-corrected chi connectivity index (χ1v) is 9.46. The fourth-order valence-electron chi connectivity index (χ4n) is 2.72. The summed E-state index contributed by atoms with van der Waals surface area (Å²) in [6.45, 7) is 0.191. The summed E-state index contributed by atoms with van der Waals surface area (Å²) in [6, 6.07) is 14.4. The van der Waals surface area contributed by atoms with Gasteiger partial charge in [0.25, 0.3) is 11.7 Å². The summed E-state index contributed by atoms with van der Waals surface area (Å²) >= 11 is 1.14. The lowest BCUT2D eigenvalue weighted by atomic mass is 10.1. The van der Waals surface area contributed by atoms with Crippen molar-refractivity contribution < 1.29 is 19.1 Å². The number of nitrogens with zero attached hydrogens (tertiary/aromatic N) is 2. The number of ketones is 1. The minimum Gasteiger partial charge on any atom is -0.497 e. The summed E-state index contributed by atoms with van der Waals surface area (Å²) in [4.78, 5) is 27.8. The number of aromatic amines is 1. The van der Waals surface area contributed by atoms with Gasteiger partial charge in [-0.05, 0) is 30.3 Å². The number of ether oxygens (including phenoxy) is 2. The van der Waals surface area contributed by atoms with Gasteiger partial charge in [0.05, 0.1) is 12.7 Å². The lowest BCUT2D eigenvalue weighted by Crippen LogP contribution is -2.22. The number of carbonyl (C=O) groups is 2. The van der Waals surface area contributed by atoms with Crippen molar-refractivity contribution in [3.05, 3.63) is 65.3 Å². The average Bonchev–Trinajstić information content (AvgIpc) is 3.39. The van der Waals surface area contributed by atoms with Crippen molar-refractivity contribution in [3.8, 4) is 11.5 Å². The van der Waals surface area contributed by atoms with Crippen molar-refractivity contribution in [2.45, 2.75) is 6.61 Å². The lowest BCUT2D eigenvalue weighted by molar-refractivity contribution is -0.112. The van der Waals surface area contributed by atoms with E-state index >= 15 is 0 Å². The van der Waals surface area contributed by atoms with Crippen LogP contribution in [0.15, 0.2) is 54.7 Å². The molecule has 0 aliphatic heterocycles. The average molecular weight is 408 g/mol. The molecule has 0 unspecified atom stereocenters. The van der Waals surface area contributed by atoms with E-state index in [1.807, 2.05) is 18.2 Å². The molecule has 2 aromatic heterocycles. The Morgan fingerprint density at radius 2 is 1.83 bits per heavy atom. The van der Waals surface area contributed by atoms with Gasteiger partial charge in [-0.25, -0.2) is 0 Å². The predicted molar refractivity (Wildman–Crippen MR) is 108 cm³/mol. The molecule has 2 heterocycles. The second-order valence-corrected chi connectivity index (χ2v) is 7.06. The van der Waals surface area contributed by atoms with E-state index in [9.17, 15) is 9.59 Å². The Labute approximate surface area is 169 Å². The summed E-state index contributed by atoms with van der Waals surface area (Å²) in [5, 5.41) is 11.9. The quantitative estimate of drug-likeness (QED) is 0.358. The zero-order valence-electron chi connectivity index (χ0n) is 15.3. The number of H-pyrrole nitrogens is 1. The standard InChI is InChI=1S/C20H16N4O4S/c1-27-12-6-8-13(9-7-12)28-11-17-23-24-20(29-17)22-19(26)18(25)15-10-21-16-5-3-2-4-14(15)16/h2-10,21H,11H2,1H3,(H,22,24,26). The maximum atomic E-state index is 12.5. The Bertz CT molecular complexity index is 1170. The van der Waals surface area contributed by atoms with Gasteiger partial charge in [-0.15, -0.1) is 10.2 Å². The molecule has 2 aromatic carbocycles. The number of fused-ring (bicyclic) bond motifs is 1. The number of aromatic nitrogens is 3. The first kappa shape index (κ1) is 18.6. The van der Waals surface area contributed by atoms with Crippen LogP contribution in [-0.2, 0) is 11.4 Å². The van der Waals surface area contributed by atoms with E-state index in [-0.39, 0.29) is 11.7 Å². The van der Waals surface area contributed by atoms with Crippen LogP contribution in [0.4, 0.5) is 5.13 Å². The second-order valence-electron chi connectivity index (χ2n) is 6.00. The molecule has 0 saturated heterocycles. The van der Waals surface area contributed by atoms with Crippen LogP contribution in [0.1, 0.15) is 15.4 Å². The van der Waals surface area contributed by atoms with E-state index in [2.05, 4.69) is 20.5 Å². The van der Waals surface area contributed by atoms with Crippen LogP contribution in [-0.4, -0.2) is 34.0 Å². The molecule has 8 nitrogen and oxygen atoms in total. The summed E-state index contributed by atoms with van der Waals surface area (Å²) in [5.74, 6) is -0.0264. The van der Waals surface area contributed by atoms with Gasteiger partial charge in [0, 0.05) is 17.1 Å². The highest BCUT2D eigenvalue weighted by atomic mass is 32.1. The Kier molecular flexibility index (Phi) is 5.21. The van der Waals surface area contributed by atoms with Gasteiger partial charge in [-0.2, -0.15) is 0 Å². The van der Waals surface area contributed by atoms with Crippen molar-refractivity contribution in [3.63, 3.8) is 0 Å². The van der Waals surface area contributed by atoms with Gasteiger partial charge in [-0.1, -0.05) is 29.5 Å². The molecule has 1 amide bonds. The first-order valence-electron chi connectivity index (χ1n) is 8.65. The monoisotopic (exact) mass is 408 g/mol. The van der Waals surface area contributed by atoms with Crippen molar-refractivity contribution in [2.75, 3.05) is 12.4 Å². The molecule has 0 aliphatic rings. The van der Waals surface area contributed by atoms with Crippen molar-refractivity contribution in [2.24, 2.45) is 0 Å². The minimum absolute atomic E-state index is 0.191. The maximum absolute atomic E-state index is 12.5. The van der Waals surface area contributed by atoms with E-state index in [4.69, 9.17) is 9.47 Å². The Balaban J connectivity index is 1.38. The summed E-state index contributed by atoms with van der Waals surface area (Å²) in [6.07, 6.45) is 1.53. The largest absolute Gasteiger partial charge is 0.497 e. The number of hydrogen-bond acceptors (Lipinski definition) is 7. The number of benzene rings is 2. The van der Waals surface area contributed by atoms with Gasteiger partial charge in [0.15, 0.2) is 5.01 Å². The third kappa shape index (κ3) is 4.09. The fourth-order valence-corrected chi connectivity index (χ4v) is 3.36. The SMILES string of the molecule is COc1ccc(OCc2nnc(NC(=O)C(=O)c3c[nH]c4ccccc34)s2)cc1. The smallest absolute Gasteiger partial charge is 0.298 e. The topological polar surface area (TPSA) is 106 Å². The first-order chi connectivity index (χ1) is 14.1. The number of rotatable bonds is 7. The molecule has 29 heavy (non-hydrogen) atoms. The van der Waals surface area contributed by atoms with Crippen LogP contribution in [0.2, 0.25) is 0 Å². The van der Waals surface area contributed by atoms with Crippen LogP contribution in [0.3, 0.4) is 0 Å². The van der Waals surface area contributed by atoms with Gasteiger partial charge >= 0.3 is 0 Å². The normalized spacial score (nSPS) is 10.7. The zero-order valence-corrected chi connectivity index (χ0v) is 16.2. The molecular weight excluding hydrogens is 392 g/mol. The van der Waals surface area contributed by atoms with Crippen LogP contribution in [0.25, 0.3) is 10.9 Å². The Hall–Kier alpha value is -3.72. The third-order valence-corrected chi connectivity index (χ3v) is 4.96. The molecule has 4 aromatic rings. The van der Waals surface area contributed by atoms with E-state index in [1.54, 1.807) is 37.4 Å². The van der Waals surface area contributed by atoms with Crippen LogP contribution in [0.5, 0.6) is 11.5 Å². The number of carbonyl (C=O) groups excluding carboxylic acids is 2. The predicted octanol–water partition coefficient (Wildman–Crippen LogP) is 3.43. The third-order valence-electron chi connectivity index (χ3n) is 4.15. The van der Waals surface area contributed by atoms with Crippen LogP contribution in [0, 0.1) is 0 Å². The number of Topliss-reactive ketones (excluding diaryl/α,β-unsaturated/α-hetero) is 1. The highest BCUT2D eigenvalue weighted by molar-refractivity contribution is 7.15. The highest BCUT2D eigenvalue weighted by Crippen LogP contribution is 2.22. The van der Waals surface area contributed by atoms with E-state index in [1.165, 1.54) is 6.20 Å². The van der Waals surface area contributed by atoms with Crippen LogP contribution >= 0.6 is 11.3 Å². The lowest BCUT2D eigenvalue weighted by Gasteiger charge is -2.04. The highest BCUT2D eigenvalue weighted by Gasteiger charge is 2.21. The molecule has 2 N–H and O–H groups in total. The number of hydrogen-bond donors (Lipinski definition) is 2. The number of para-hydroxylation sites is 1. The van der Waals surface area contributed by atoms with Gasteiger partial charge in [0.1, 0.15) is 18.1 Å². The second kappa shape index (κ2) is 8.11. The summed E-state index contributed by atoms with van der Waals surface area (Å²) in [7, 11) is 1.59. The number of anilines is 1. The summed E-state index contributed by atoms with van der Waals surface area (Å²) in [5.41, 5.74) is 1.10. The zero-order chi connectivity index (χ0) is 20.2. The van der Waals surface area contributed by atoms with Gasteiger partial charge in [-0.3, -0.25) is 14.9 Å². The number of methoxy groups -OCH3 is 1. The van der Waals surface area contributed by atoms with Crippen molar-refractivity contribution in [1.29, 1.82) is 0 Å². The summed E-state index contributed by atoms with van der Waals surface area (Å²) < 4.78 is 10.7. The Morgan fingerprint density at radius 3 is 2.62 bits per heavy atom. The van der Waals surface area contributed by atoms with E-state index < -0.39 is 11.7 Å². The molecule has 0 fully saturated rings. The molecule has 146 valence electrons. The van der Waals surface area contributed by atoms with Gasteiger partial charge in [0.2, 0.25) is 5.13 Å².